The summed E-state index contributed by atoms with van der Waals surface area (Å²) in [4.78, 5) is 51.4. The van der Waals surface area contributed by atoms with Crippen LogP contribution in [0.2, 0.25) is 5.02 Å². The van der Waals surface area contributed by atoms with Crippen LogP contribution in [0.15, 0.2) is 24.3 Å². The minimum Gasteiger partial charge on any atom is -0.453 e. The van der Waals surface area contributed by atoms with Crippen molar-refractivity contribution in [2.75, 3.05) is 13.7 Å². The van der Waals surface area contributed by atoms with E-state index in [0.717, 1.165) is 5.56 Å². The maximum absolute atomic E-state index is 13.0. The summed E-state index contributed by atoms with van der Waals surface area (Å²) >= 11 is 5.94. The number of ether oxygens (including phenoxy) is 3. The lowest BCUT2D eigenvalue weighted by Crippen LogP contribution is -2.53. The number of halogens is 1. The quantitative estimate of drug-likeness (QED) is 0.527. The van der Waals surface area contributed by atoms with Crippen LogP contribution >= 0.6 is 11.6 Å². The first-order chi connectivity index (χ1) is 14.1. The molecule has 2 aliphatic rings. The van der Waals surface area contributed by atoms with Crippen LogP contribution in [0.25, 0.3) is 0 Å². The van der Waals surface area contributed by atoms with Crippen molar-refractivity contribution in [3.05, 3.63) is 34.9 Å². The Kier molecular flexibility index (Phi) is 6.36. The molecule has 1 amide bonds. The number of likely N-dealkylation sites (tertiary alicyclic amines) is 1. The van der Waals surface area contributed by atoms with Crippen molar-refractivity contribution in [2.45, 2.75) is 44.9 Å². The number of carbonyl (C=O) groups excluding carboxylic acids is 4. The van der Waals surface area contributed by atoms with E-state index >= 15 is 0 Å². The average molecular weight is 438 g/mol. The van der Waals surface area contributed by atoms with E-state index < -0.39 is 41.4 Å². The molecular weight excluding hydrogens is 414 g/mol. The molecule has 0 aliphatic carbocycles. The second-order valence-electron chi connectivity index (χ2n) is 7.95. The number of rotatable bonds is 4. The topological polar surface area (TPSA) is 99.2 Å². The number of methoxy groups -OCH3 is 1. The normalized spacial score (nSPS) is 24.1. The number of ketones is 1. The lowest BCUT2D eigenvalue weighted by molar-refractivity contribution is -0.238. The Bertz CT molecular complexity index is 831. The van der Waals surface area contributed by atoms with Crippen molar-refractivity contribution in [1.82, 2.24) is 4.90 Å². The standard InChI is InChI=1S/C21H24ClNO7/c1-21(2)29-18(25)16(19(26)30-21)17(24)13-8-9-23(20(27)28-3)15(11-13)10-12-4-6-14(22)7-5-12/h4-7,13,15-16H,8-11H2,1-3H3. The van der Waals surface area contributed by atoms with Gasteiger partial charge in [0.05, 0.1) is 7.11 Å². The molecule has 2 heterocycles. The summed E-state index contributed by atoms with van der Waals surface area (Å²) in [5.74, 6) is -5.91. The molecule has 0 N–H and O–H groups in total. The maximum atomic E-state index is 13.0. The number of hydrogen-bond acceptors (Lipinski definition) is 7. The van der Waals surface area contributed by atoms with E-state index in [1.54, 1.807) is 17.0 Å². The SMILES string of the molecule is COC(=O)N1CCC(C(=O)C2C(=O)OC(C)(C)OC2=O)CC1Cc1ccc(Cl)cc1. The highest BCUT2D eigenvalue weighted by Gasteiger charge is 2.50. The van der Waals surface area contributed by atoms with Gasteiger partial charge in [-0.1, -0.05) is 23.7 Å². The highest BCUT2D eigenvalue weighted by atomic mass is 35.5. The summed E-state index contributed by atoms with van der Waals surface area (Å²) in [6.45, 7) is 3.13. The number of nitrogens with zero attached hydrogens (tertiary/aromatic N) is 1. The van der Waals surface area contributed by atoms with E-state index in [0.29, 0.717) is 17.9 Å². The van der Waals surface area contributed by atoms with E-state index in [9.17, 15) is 19.2 Å². The van der Waals surface area contributed by atoms with Gasteiger partial charge in [0.25, 0.3) is 5.79 Å². The number of esters is 2. The summed E-state index contributed by atoms with van der Waals surface area (Å²) in [5.41, 5.74) is 0.935. The molecule has 2 aliphatic heterocycles. The second-order valence-corrected chi connectivity index (χ2v) is 8.38. The number of carbonyl (C=O) groups is 4. The average Bonchev–Trinajstić information content (AvgIpc) is 2.67. The third-order valence-corrected chi connectivity index (χ3v) is 5.61. The van der Waals surface area contributed by atoms with Crippen LogP contribution in [-0.2, 0) is 35.0 Å². The molecule has 0 spiro atoms. The Morgan fingerprint density at radius 3 is 2.33 bits per heavy atom. The van der Waals surface area contributed by atoms with Crippen molar-refractivity contribution in [3.8, 4) is 0 Å². The number of hydrogen-bond donors (Lipinski definition) is 0. The molecule has 0 saturated carbocycles. The molecule has 1 aromatic rings. The number of Topliss-reactive ketones (excluding diaryl/α,β-unsaturated/α-hetero) is 1. The van der Waals surface area contributed by atoms with E-state index in [4.69, 9.17) is 25.8 Å². The predicted octanol–water partition coefficient (Wildman–Crippen LogP) is 2.75. The fourth-order valence-electron chi connectivity index (χ4n) is 3.94. The lowest BCUT2D eigenvalue weighted by atomic mass is 9.81. The molecule has 1 aromatic carbocycles. The highest BCUT2D eigenvalue weighted by Crippen LogP contribution is 2.32. The molecule has 162 valence electrons. The zero-order valence-electron chi connectivity index (χ0n) is 17.1. The monoisotopic (exact) mass is 437 g/mol. The zero-order valence-corrected chi connectivity index (χ0v) is 17.8. The molecule has 30 heavy (non-hydrogen) atoms. The Morgan fingerprint density at radius 1 is 1.17 bits per heavy atom. The molecule has 0 radical (unpaired) electrons. The summed E-state index contributed by atoms with van der Waals surface area (Å²) in [7, 11) is 1.30. The molecule has 3 rings (SSSR count). The summed E-state index contributed by atoms with van der Waals surface area (Å²) < 4.78 is 15.0. The van der Waals surface area contributed by atoms with Gasteiger partial charge in [-0.05, 0) is 37.0 Å². The molecule has 8 nitrogen and oxygen atoms in total. The van der Waals surface area contributed by atoms with Crippen LogP contribution < -0.4 is 0 Å². The van der Waals surface area contributed by atoms with Crippen LogP contribution in [0.4, 0.5) is 4.79 Å². The first-order valence-corrected chi connectivity index (χ1v) is 10.1. The summed E-state index contributed by atoms with van der Waals surface area (Å²) in [6, 6.07) is 6.86. The van der Waals surface area contributed by atoms with Gasteiger partial charge >= 0.3 is 18.0 Å². The molecular formula is C21H24ClNO7. The smallest absolute Gasteiger partial charge is 0.409 e. The van der Waals surface area contributed by atoms with E-state index in [1.165, 1.54) is 21.0 Å². The van der Waals surface area contributed by atoms with E-state index in [1.807, 2.05) is 12.1 Å². The third-order valence-electron chi connectivity index (χ3n) is 5.36. The molecule has 9 heteroatoms. The minimum absolute atomic E-state index is 0.268. The number of cyclic esters (lactones) is 2. The molecule has 2 unspecified atom stereocenters. The van der Waals surface area contributed by atoms with Crippen molar-refractivity contribution in [1.29, 1.82) is 0 Å². The minimum atomic E-state index is -1.59. The second kappa shape index (κ2) is 8.63. The summed E-state index contributed by atoms with van der Waals surface area (Å²) in [6.07, 6.45) is 0.587. The van der Waals surface area contributed by atoms with Gasteiger partial charge < -0.3 is 19.1 Å². The molecule has 2 atom stereocenters. The first-order valence-electron chi connectivity index (χ1n) is 9.69. The van der Waals surface area contributed by atoms with Crippen LogP contribution in [0, 0.1) is 11.8 Å². The van der Waals surface area contributed by atoms with Gasteiger partial charge in [0.1, 0.15) is 0 Å². The fourth-order valence-corrected chi connectivity index (χ4v) is 4.07. The largest absolute Gasteiger partial charge is 0.453 e. The number of piperidine rings is 1. The van der Waals surface area contributed by atoms with Gasteiger partial charge in [0, 0.05) is 37.4 Å². The van der Waals surface area contributed by atoms with Crippen LogP contribution in [-0.4, -0.2) is 54.2 Å². The van der Waals surface area contributed by atoms with Crippen LogP contribution in [0.5, 0.6) is 0 Å². The molecule has 2 fully saturated rings. The lowest BCUT2D eigenvalue weighted by Gasteiger charge is -2.39. The van der Waals surface area contributed by atoms with Gasteiger partial charge in [0.15, 0.2) is 5.78 Å². The zero-order chi connectivity index (χ0) is 22.1. The van der Waals surface area contributed by atoms with Crippen molar-refractivity contribution in [2.24, 2.45) is 11.8 Å². The van der Waals surface area contributed by atoms with Gasteiger partial charge in [-0.3, -0.25) is 14.4 Å². The number of benzene rings is 1. The van der Waals surface area contributed by atoms with Crippen LogP contribution in [0.1, 0.15) is 32.3 Å². The van der Waals surface area contributed by atoms with Gasteiger partial charge in [-0.15, -0.1) is 0 Å². The maximum Gasteiger partial charge on any atom is 0.409 e. The van der Waals surface area contributed by atoms with E-state index in [-0.39, 0.29) is 19.0 Å². The van der Waals surface area contributed by atoms with Gasteiger partial charge in [-0.25, -0.2) is 4.79 Å². The van der Waals surface area contributed by atoms with Gasteiger partial charge in [-0.2, -0.15) is 0 Å². The van der Waals surface area contributed by atoms with E-state index in [2.05, 4.69) is 0 Å². The Hall–Kier alpha value is -2.61. The molecule has 0 aromatic heterocycles. The number of amides is 1. The highest BCUT2D eigenvalue weighted by molar-refractivity contribution is 6.30. The predicted molar refractivity (Wildman–Crippen MR) is 106 cm³/mol. The third kappa shape index (κ3) is 4.75. The summed E-state index contributed by atoms with van der Waals surface area (Å²) in [5, 5.41) is 0.595. The Labute approximate surface area is 179 Å². The fraction of sp³-hybridized carbons (Fsp3) is 0.524. The van der Waals surface area contributed by atoms with Crippen LogP contribution in [0.3, 0.4) is 0 Å². The van der Waals surface area contributed by atoms with Crippen molar-refractivity contribution < 1.29 is 33.4 Å². The van der Waals surface area contributed by atoms with Crippen molar-refractivity contribution in [3.63, 3.8) is 0 Å². The van der Waals surface area contributed by atoms with Gasteiger partial charge in [0.2, 0.25) is 5.92 Å². The Balaban J connectivity index is 1.77. The molecule has 0 bridgehead atoms. The van der Waals surface area contributed by atoms with Crippen molar-refractivity contribution >= 4 is 35.4 Å². The molecule has 2 saturated heterocycles. The Morgan fingerprint density at radius 2 is 1.77 bits per heavy atom. The first kappa shape index (κ1) is 22.1.